The normalized spacial score (nSPS) is 25.0. The Morgan fingerprint density at radius 3 is 3.06 bits per heavy atom. The molecule has 2 aliphatic carbocycles. The van der Waals surface area contributed by atoms with E-state index in [1.54, 1.807) is 10.7 Å². The van der Waals surface area contributed by atoms with E-state index in [2.05, 4.69) is 20.7 Å². The molecule has 4 N–H and O–H groups in total. The fourth-order valence-electron chi connectivity index (χ4n) is 5.40. The Hall–Kier alpha value is -3.20. The molecule has 0 radical (unpaired) electrons. The number of anilines is 2. The molecular formula is C22H26N8O. The molecule has 160 valence electrons. The number of aromatic nitrogens is 6. The van der Waals surface area contributed by atoms with Crippen LogP contribution in [0.4, 0.5) is 11.8 Å². The first-order valence-corrected chi connectivity index (χ1v) is 10.9. The molecule has 0 aromatic carbocycles. The van der Waals surface area contributed by atoms with Crippen LogP contribution in [0.25, 0.3) is 27.9 Å². The fraction of sp³-hybridized carbons (Fsp3) is 0.455. The molecule has 4 heterocycles. The first kappa shape index (κ1) is 18.6. The zero-order chi connectivity index (χ0) is 21.0. The number of hydrogen-bond donors (Lipinski definition) is 4. The molecule has 0 amide bonds. The molecule has 0 spiro atoms. The summed E-state index contributed by atoms with van der Waals surface area (Å²) >= 11 is 0. The van der Waals surface area contributed by atoms with Crippen molar-refractivity contribution >= 4 is 28.4 Å². The minimum atomic E-state index is 0.303. The van der Waals surface area contributed by atoms with Gasteiger partial charge in [-0.2, -0.15) is 15.1 Å². The first-order valence-electron chi connectivity index (χ1n) is 10.9. The van der Waals surface area contributed by atoms with Gasteiger partial charge in [0.05, 0.1) is 17.3 Å². The second kappa shape index (κ2) is 6.91. The molecule has 9 nitrogen and oxygen atoms in total. The second-order valence-corrected chi connectivity index (χ2v) is 8.87. The van der Waals surface area contributed by atoms with Crippen molar-refractivity contribution in [2.24, 2.45) is 11.3 Å². The SMILES string of the molecule is CNc1nc(N[C@H]2CC[C@]3(CCO)CC3C2)nc2[nH]cc(-c3ccn4nccc4n3)c12. The minimum Gasteiger partial charge on any atom is -0.396 e. The highest BCUT2D eigenvalue weighted by Gasteiger charge is 2.55. The number of aromatic amines is 1. The van der Waals surface area contributed by atoms with E-state index in [1.807, 2.05) is 31.6 Å². The number of nitrogens with one attached hydrogen (secondary N) is 3. The zero-order valence-corrected chi connectivity index (χ0v) is 17.5. The minimum absolute atomic E-state index is 0.303. The summed E-state index contributed by atoms with van der Waals surface area (Å²) in [5.74, 6) is 2.14. The maximum Gasteiger partial charge on any atom is 0.226 e. The number of fused-ring (bicyclic) bond motifs is 3. The van der Waals surface area contributed by atoms with Crippen molar-refractivity contribution < 1.29 is 5.11 Å². The molecule has 6 rings (SSSR count). The molecule has 3 atom stereocenters. The monoisotopic (exact) mass is 418 g/mol. The van der Waals surface area contributed by atoms with Gasteiger partial charge in [-0.15, -0.1) is 0 Å². The van der Waals surface area contributed by atoms with Crippen LogP contribution in [-0.4, -0.2) is 54.4 Å². The summed E-state index contributed by atoms with van der Waals surface area (Å²) in [5.41, 5.74) is 3.79. The molecule has 4 aromatic rings. The van der Waals surface area contributed by atoms with Crippen molar-refractivity contribution in [2.75, 3.05) is 24.3 Å². The van der Waals surface area contributed by atoms with Crippen LogP contribution in [0.3, 0.4) is 0 Å². The Bertz CT molecular complexity index is 1260. The van der Waals surface area contributed by atoms with E-state index in [-0.39, 0.29) is 0 Å². The summed E-state index contributed by atoms with van der Waals surface area (Å²) in [6.07, 6.45) is 11.2. The van der Waals surface area contributed by atoms with Crippen LogP contribution in [0.5, 0.6) is 0 Å². The number of nitrogens with zero attached hydrogens (tertiary/aromatic N) is 5. The van der Waals surface area contributed by atoms with Gasteiger partial charge >= 0.3 is 0 Å². The molecule has 31 heavy (non-hydrogen) atoms. The van der Waals surface area contributed by atoms with Crippen molar-refractivity contribution in [1.29, 1.82) is 0 Å². The molecule has 9 heteroatoms. The number of aliphatic hydroxyl groups excluding tert-OH is 1. The Balaban J connectivity index is 1.29. The Morgan fingerprint density at radius 2 is 2.23 bits per heavy atom. The number of H-pyrrole nitrogens is 1. The van der Waals surface area contributed by atoms with Crippen LogP contribution in [-0.2, 0) is 0 Å². The van der Waals surface area contributed by atoms with Crippen LogP contribution in [0, 0.1) is 11.3 Å². The van der Waals surface area contributed by atoms with Gasteiger partial charge in [0.2, 0.25) is 5.95 Å². The lowest BCUT2D eigenvalue weighted by Crippen LogP contribution is -2.28. The van der Waals surface area contributed by atoms with E-state index in [0.29, 0.717) is 24.0 Å². The van der Waals surface area contributed by atoms with Gasteiger partial charge in [0.15, 0.2) is 5.65 Å². The van der Waals surface area contributed by atoms with Gasteiger partial charge in [0.25, 0.3) is 0 Å². The van der Waals surface area contributed by atoms with Crippen LogP contribution >= 0.6 is 0 Å². The Labute approximate surface area is 179 Å². The third kappa shape index (κ3) is 3.03. The van der Waals surface area contributed by atoms with Crippen LogP contribution in [0.2, 0.25) is 0 Å². The standard InChI is InChI=1S/C22H26N8O/c1-23-19-18-15(16-4-8-30-17(27-16)3-7-25-30)12-24-20(18)29-21(28-19)26-14-2-5-22(6-9-31)11-13(22)10-14/h3-4,7-8,12-14,31H,2,5-6,9-11H2,1H3,(H3,23,24,26,28,29)/t13?,14-,22-/m0/s1. The smallest absolute Gasteiger partial charge is 0.226 e. The average Bonchev–Trinajstić information content (AvgIpc) is 3.11. The molecule has 2 aliphatic rings. The maximum atomic E-state index is 9.34. The Morgan fingerprint density at radius 1 is 1.29 bits per heavy atom. The summed E-state index contributed by atoms with van der Waals surface area (Å²) in [7, 11) is 1.88. The summed E-state index contributed by atoms with van der Waals surface area (Å²) in [6.45, 7) is 0.303. The van der Waals surface area contributed by atoms with Crippen LogP contribution in [0.1, 0.15) is 32.1 Å². The Kier molecular flexibility index (Phi) is 4.14. The van der Waals surface area contributed by atoms with Crippen molar-refractivity contribution in [3.8, 4) is 11.3 Å². The maximum absolute atomic E-state index is 9.34. The van der Waals surface area contributed by atoms with Gasteiger partial charge in [-0.05, 0) is 49.5 Å². The largest absolute Gasteiger partial charge is 0.396 e. The number of rotatable bonds is 6. The lowest BCUT2D eigenvalue weighted by molar-refractivity contribution is 0.212. The molecule has 0 aliphatic heterocycles. The third-order valence-electron chi connectivity index (χ3n) is 7.16. The van der Waals surface area contributed by atoms with Gasteiger partial charge in [-0.3, -0.25) is 0 Å². The van der Waals surface area contributed by atoms with E-state index in [1.165, 1.54) is 12.8 Å². The number of aliphatic hydroxyl groups is 1. The van der Waals surface area contributed by atoms with Crippen molar-refractivity contribution in [2.45, 2.75) is 38.1 Å². The van der Waals surface area contributed by atoms with Gasteiger partial charge in [-0.1, -0.05) is 0 Å². The van der Waals surface area contributed by atoms with Crippen LogP contribution < -0.4 is 10.6 Å². The second-order valence-electron chi connectivity index (χ2n) is 8.87. The molecule has 4 aromatic heterocycles. The molecule has 2 fully saturated rings. The third-order valence-corrected chi connectivity index (χ3v) is 7.16. The topological polar surface area (TPSA) is 116 Å². The highest BCUT2D eigenvalue weighted by molar-refractivity contribution is 6.00. The van der Waals surface area contributed by atoms with Crippen molar-refractivity contribution in [1.82, 2.24) is 29.5 Å². The highest BCUT2D eigenvalue weighted by Crippen LogP contribution is 2.63. The zero-order valence-electron chi connectivity index (χ0n) is 17.5. The summed E-state index contributed by atoms with van der Waals surface area (Å²) < 4.78 is 1.75. The van der Waals surface area contributed by atoms with Crippen molar-refractivity contribution in [3.05, 3.63) is 30.7 Å². The fourth-order valence-corrected chi connectivity index (χ4v) is 5.40. The molecule has 0 bridgehead atoms. The van der Waals surface area contributed by atoms with E-state index in [4.69, 9.17) is 15.0 Å². The van der Waals surface area contributed by atoms with Gasteiger partial charge < -0.3 is 20.7 Å². The molecular weight excluding hydrogens is 392 g/mol. The quantitative estimate of drug-likeness (QED) is 0.380. The summed E-state index contributed by atoms with van der Waals surface area (Å²) in [4.78, 5) is 17.6. The number of hydrogen-bond acceptors (Lipinski definition) is 7. The average molecular weight is 419 g/mol. The van der Waals surface area contributed by atoms with Gasteiger partial charge in [0, 0.05) is 43.7 Å². The van der Waals surface area contributed by atoms with Crippen molar-refractivity contribution in [3.63, 3.8) is 0 Å². The van der Waals surface area contributed by atoms with E-state index < -0.39 is 0 Å². The van der Waals surface area contributed by atoms with E-state index in [0.717, 1.165) is 58.9 Å². The molecule has 2 saturated carbocycles. The van der Waals surface area contributed by atoms with E-state index >= 15 is 0 Å². The summed E-state index contributed by atoms with van der Waals surface area (Å²) in [6, 6.07) is 4.21. The van der Waals surface area contributed by atoms with Gasteiger partial charge in [0.1, 0.15) is 11.5 Å². The highest BCUT2D eigenvalue weighted by atomic mass is 16.3. The molecule has 0 saturated heterocycles. The van der Waals surface area contributed by atoms with Gasteiger partial charge in [-0.25, -0.2) is 9.50 Å². The lowest BCUT2D eigenvalue weighted by atomic mass is 9.83. The lowest BCUT2D eigenvalue weighted by Gasteiger charge is -2.28. The first-order chi connectivity index (χ1) is 15.2. The summed E-state index contributed by atoms with van der Waals surface area (Å²) in [5, 5.41) is 21.3. The molecule has 1 unspecified atom stereocenters. The predicted molar refractivity (Wildman–Crippen MR) is 119 cm³/mol. The van der Waals surface area contributed by atoms with E-state index in [9.17, 15) is 5.11 Å². The predicted octanol–water partition coefficient (Wildman–Crippen LogP) is 3.06. The van der Waals surface area contributed by atoms with Crippen LogP contribution in [0.15, 0.2) is 30.7 Å².